The first-order chi connectivity index (χ1) is 8.47. The standard InChI is InChI=1S/C10H20NO6P/c1-3-16-18(15,17-4-2)6-8-10(14)9(13)7(5-12)11-8/h7,9-10,12-14H,3-6H2,1-2H3/t7-,9-,10-/m1/s1. The average Bonchev–Trinajstić information content (AvgIpc) is 2.57. The monoisotopic (exact) mass is 281 g/mol. The van der Waals surface area contributed by atoms with Crippen molar-refractivity contribution in [3.05, 3.63) is 0 Å². The van der Waals surface area contributed by atoms with Crippen LogP contribution >= 0.6 is 7.60 Å². The smallest absolute Gasteiger partial charge is 0.336 e. The first-order valence-corrected chi connectivity index (χ1v) is 7.61. The average molecular weight is 281 g/mol. The molecule has 106 valence electrons. The van der Waals surface area contributed by atoms with Crippen LogP contribution in [0, 0.1) is 0 Å². The lowest BCUT2D eigenvalue weighted by Gasteiger charge is -2.18. The molecule has 3 N–H and O–H groups in total. The van der Waals surface area contributed by atoms with Crippen molar-refractivity contribution in [3.8, 4) is 0 Å². The zero-order valence-electron chi connectivity index (χ0n) is 10.5. The van der Waals surface area contributed by atoms with Crippen molar-refractivity contribution in [3.63, 3.8) is 0 Å². The molecule has 0 aromatic carbocycles. The fraction of sp³-hybridized carbons (Fsp3) is 0.900. The molecule has 0 aromatic rings. The van der Waals surface area contributed by atoms with Gasteiger partial charge in [0.2, 0.25) is 0 Å². The second-order valence-corrected chi connectivity index (χ2v) is 5.96. The van der Waals surface area contributed by atoms with Crippen LogP contribution < -0.4 is 0 Å². The lowest BCUT2D eigenvalue weighted by atomic mass is 10.1. The lowest BCUT2D eigenvalue weighted by Crippen LogP contribution is -2.36. The summed E-state index contributed by atoms with van der Waals surface area (Å²) < 4.78 is 22.4. The van der Waals surface area contributed by atoms with Gasteiger partial charge in [-0.05, 0) is 13.8 Å². The van der Waals surface area contributed by atoms with Crippen LogP contribution in [0.15, 0.2) is 4.99 Å². The minimum Gasteiger partial charge on any atom is -0.394 e. The van der Waals surface area contributed by atoms with E-state index in [1.54, 1.807) is 13.8 Å². The lowest BCUT2D eigenvalue weighted by molar-refractivity contribution is 0.0404. The van der Waals surface area contributed by atoms with Crippen LogP contribution in [-0.2, 0) is 13.6 Å². The summed E-state index contributed by atoms with van der Waals surface area (Å²) in [7, 11) is -3.35. The van der Waals surface area contributed by atoms with Crippen molar-refractivity contribution < 1.29 is 28.9 Å². The fourth-order valence-electron chi connectivity index (χ4n) is 1.78. The summed E-state index contributed by atoms with van der Waals surface area (Å²) in [5.74, 6) is 0. The molecular formula is C10H20NO6P. The maximum atomic E-state index is 12.2. The first-order valence-electron chi connectivity index (χ1n) is 5.89. The maximum Gasteiger partial charge on any atom is 0.336 e. The molecule has 1 rings (SSSR count). The molecule has 0 spiro atoms. The predicted molar refractivity (Wildman–Crippen MR) is 66.0 cm³/mol. The predicted octanol–water partition coefficient (Wildman–Crippen LogP) is -0.210. The Morgan fingerprint density at radius 3 is 2.22 bits per heavy atom. The van der Waals surface area contributed by atoms with Crippen LogP contribution in [0.3, 0.4) is 0 Å². The van der Waals surface area contributed by atoms with E-state index < -0.39 is 25.8 Å². The molecule has 0 bridgehead atoms. The zero-order chi connectivity index (χ0) is 13.8. The van der Waals surface area contributed by atoms with E-state index in [0.29, 0.717) is 0 Å². The molecule has 1 heterocycles. The Morgan fingerprint density at radius 1 is 1.28 bits per heavy atom. The maximum absolute atomic E-state index is 12.2. The molecule has 1 aliphatic heterocycles. The molecule has 3 atom stereocenters. The van der Waals surface area contributed by atoms with Gasteiger partial charge in [-0.2, -0.15) is 0 Å². The Morgan fingerprint density at radius 2 is 1.83 bits per heavy atom. The van der Waals surface area contributed by atoms with E-state index in [4.69, 9.17) is 14.2 Å². The fourth-order valence-corrected chi connectivity index (χ4v) is 3.49. The van der Waals surface area contributed by atoms with Crippen LogP contribution in [0.25, 0.3) is 0 Å². The normalized spacial score (nSPS) is 28.5. The van der Waals surface area contributed by atoms with Gasteiger partial charge in [0, 0.05) is 0 Å². The van der Waals surface area contributed by atoms with Gasteiger partial charge in [-0.1, -0.05) is 0 Å². The van der Waals surface area contributed by atoms with Gasteiger partial charge < -0.3 is 24.4 Å². The Kier molecular flexibility index (Phi) is 5.91. The summed E-state index contributed by atoms with van der Waals surface area (Å²) >= 11 is 0. The van der Waals surface area contributed by atoms with Crippen LogP contribution in [0.5, 0.6) is 0 Å². The molecule has 0 aromatic heterocycles. The van der Waals surface area contributed by atoms with Gasteiger partial charge >= 0.3 is 7.60 Å². The number of nitrogens with zero attached hydrogens (tertiary/aromatic N) is 1. The van der Waals surface area contributed by atoms with Gasteiger partial charge in [0.25, 0.3) is 0 Å². The van der Waals surface area contributed by atoms with Crippen molar-refractivity contribution in [2.24, 2.45) is 4.99 Å². The number of rotatable bonds is 7. The van der Waals surface area contributed by atoms with Crippen molar-refractivity contribution in [2.75, 3.05) is 26.0 Å². The molecule has 0 aliphatic carbocycles. The molecule has 0 amide bonds. The highest BCUT2D eigenvalue weighted by Crippen LogP contribution is 2.48. The van der Waals surface area contributed by atoms with Crippen LogP contribution in [0.1, 0.15) is 13.8 Å². The van der Waals surface area contributed by atoms with E-state index in [-0.39, 0.29) is 31.7 Å². The Labute approximate surface area is 106 Å². The zero-order valence-corrected chi connectivity index (χ0v) is 11.4. The first kappa shape index (κ1) is 15.8. The van der Waals surface area contributed by atoms with E-state index in [2.05, 4.69) is 4.99 Å². The summed E-state index contributed by atoms with van der Waals surface area (Å²) in [5.41, 5.74) is 0.145. The molecule has 0 saturated carbocycles. The van der Waals surface area contributed by atoms with E-state index in [9.17, 15) is 14.8 Å². The minimum atomic E-state index is -3.35. The topological polar surface area (TPSA) is 109 Å². The highest BCUT2D eigenvalue weighted by Gasteiger charge is 2.40. The van der Waals surface area contributed by atoms with Crippen LogP contribution in [-0.4, -0.2) is 65.3 Å². The molecule has 18 heavy (non-hydrogen) atoms. The molecule has 0 radical (unpaired) electrons. The van der Waals surface area contributed by atoms with E-state index in [0.717, 1.165) is 0 Å². The third-order valence-electron chi connectivity index (χ3n) is 2.59. The molecular weight excluding hydrogens is 261 g/mol. The minimum absolute atomic E-state index is 0.145. The second kappa shape index (κ2) is 6.75. The largest absolute Gasteiger partial charge is 0.394 e. The van der Waals surface area contributed by atoms with Crippen LogP contribution in [0.4, 0.5) is 0 Å². The Hall–Kier alpha value is -0.300. The van der Waals surface area contributed by atoms with Crippen molar-refractivity contribution >= 4 is 13.3 Å². The molecule has 8 heteroatoms. The van der Waals surface area contributed by atoms with Gasteiger partial charge in [-0.3, -0.25) is 9.56 Å². The summed E-state index contributed by atoms with van der Waals surface area (Å²) in [6.07, 6.45) is -2.60. The summed E-state index contributed by atoms with van der Waals surface area (Å²) in [6.45, 7) is 3.42. The Bertz CT molecular complexity index is 337. The summed E-state index contributed by atoms with van der Waals surface area (Å²) in [5, 5.41) is 28.3. The van der Waals surface area contributed by atoms with Gasteiger partial charge in [-0.25, -0.2) is 0 Å². The summed E-state index contributed by atoms with van der Waals surface area (Å²) in [6, 6.07) is -0.785. The third kappa shape index (κ3) is 3.60. The quantitative estimate of drug-likeness (QED) is 0.557. The van der Waals surface area contributed by atoms with Gasteiger partial charge in [0.1, 0.15) is 18.2 Å². The number of hydrogen-bond acceptors (Lipinski definition) is 7. The SMILES string of the molecule is CCOP(=O)(CC1=N[C@H](CO)[C@@H](O)[C@@H]1O)OCC. The van der Waals surface area contributed by atoms with Crippen molar-refractivity contribution in [1.29, 1.82) is 0 Å². The number of aliphatic hydroxyl groups excluding tert-OH is 3. The molecule has 0 unspecified atom stereocenters. The number of hydrogen-bond donors (Lipinski definition) is 3. The molecule has 0 saturated heterocycles. The van der Waals surface area contributed by atoms with E-state index in [1.165, 1.54) is 0 Å². The summed E-state index contributed by atoms with van der Waals surface area (Å²) in [4.78, 5) is 3.95. The Balaban J connectivity index is 2.78. The van der Waals surface area contributed by atoms with Crippen molar-refractivity contribution in [2.45, 2.75) is 32.1 Å². The molecule has 1 aliphatic rings. The van der Waals surface area contributed by atoms with Gasteiger partial charge in [-0.15, -0.1) is 0 Å². The van der Waals surface area contributed by atoms with Gasteiger partial charge in [0.05, 0.1) is 31.7 Å². The molecule has 7 nitrogen and oxygen atoms in total. The highest BCUT2D eigenvalue weighted by atomic mass is 31.2. The van der Waals surface area contributed by atoms with Crippen molar-refractivity contribution in [1.82, 2.24) is 0 Å². The highest BCUT2D eigenvalue weighted by molar-refractivity contribution is 7.54. The number of aliphatic imine (C=N–C) groups is 1. The number of aliphatic hydroxyl groups is 3. The second-order valence-electron chi connectivity index (χ2n) is 3.91. The van der Waals surface area contributed by atoms with E-state index >= 15 is 0 Å². The molecule has 0 fully saturated rings. The third-order valence-corrected chi connectivity index (χ3v) is 4.60. The van der Waals surface area contributed by atoms with Gasteiger partial charge in [0.15, 0.2) is 0 Å². The van der Waals surface area contributed by atoms with Crippen LogP contribution in [0.2, 0.25) is 0 Å². The van der Waals surface area contributed by atoms with E-state index in [1.807, 2.05) is 0 Å².